The molecule has 0 aliphatic carbocycles. The highest BCUT2D eigenvalue weighted by molar-refractivity contribution is 5.93. The minimum Gasteiger partial charge on any atom is -0.459 e. The number of aromatic nitrogens is 2. The van der Waals surface area contributed by atoms with Gasteiger partial charge in [0.1, 0.15) is 17.3 Å². The third-order valence-corrected chi connectivity index (χ3v) is 10.2. The third-order valence-electron chi connectivity index (χ3n) is 10.2. The van der Waals surface area contributed by atoms with Crippen molar-refractivity contribution in [3.8, 4) is 11.1 Å². The van der Waals surface area contributed by atoms with Gasteiger partial charge in [-0.1, -0.05) is 91.9 Å². The van der Waals surface area contributed by atoms with E-state index in [9.17, 15) is 14.7 Å². The maximum Gasteiger partial charge on any atom is 0.323 e. The summed E-state index contributed by atoms with van der Waals surface area (Å²) in [6, 6.07) is 31.2. The minimum absolute atomic E-state index is 0.0249. The zero-order valence-electron chi connectivity index (χ0n) is 31.3. The molecule has 0 bridgehead atoms. The Kier molecular flexibility index (Phi) is 11.2. The molecule has 7 rings (SSSR count). The zero-order chi connectivity index (χ0) is 37.8. The second kappa shape index (κ2) is 16.2. The number of hydrogen-bond donors (Lipinski definition) is 2. The van der Waals surface area contributed by atoms with Crippen LogP contribution in [0.1, 0.15) is 85.7 Å². The van der Waals surface area contributed by atoms with Crippen molar-refractivity contribution in [2.75, 3.05) is 13.1 Å². The molecule has 2 saturated heterocycles. The maximum atomic E-state index is 13.2. The minimum atomic E-state index is -0.650. The number of esters is 1. The molecule has 1 aromatic heterocycles. The maximum absolute atomic E-state index is 13.2. The van der Waals surface area contributed by atoms with Crippen LogP contribution in [0, 0.1) is 5.92 Å². The number of nitrogens with zero attached hydrogens (tertiary/aromatic N) is 3. The highest BCUT2D eigenvalue weighted by atomic mass is 16.7. The van der Waals surface area contributed by atoms with E-state index in [2.05, 4.69) is 39.2 Å². The molecule has 10 nitrogen and oxygen atoms in total. The molecule has 0 saturated carbocycles. The Bertz CT molecular complexity index is 2080. The lowest BCUT2D eigenvalue weighted by atomic mass is 9.89. The summed E-state index contributed by atoms with van der Waals surface area (Å²) in [5.41, 5.74) is 6.78. The van der Waals surface area contributed by atoms with Crippen molar-refractivity contribution >= 4 is 22.9 Å². The molecule has 0 spiro atoms. The zero-order valence-corrected chi connectivity index (χ0v) is 31.3. The van der Waals surface area contributed by atoms with Gasteiger partial charge in [0, 0.05) is 24.6 Å². The first-order valence-corrected chi connectivity index (χ1v) is 18.7. The molecule has 0 radical (unpaired) electrons. The van der Waals surface area contributed by atoms with Gasteiger partial charge >= 0.3 is 5.97 Å². The van der Waals surface area contributed by atoms with E-state index in [4.69, 9.17) is 14.2 Å². The predicted octanol–water partition coefficient (Wildman–Crippen LogP) is 7.32. The lowest BCUT2D eigenvalue weighted by Crippen LogP contribution is -2.48. The number of likely N-dealkylation sites (tertiary alicyclic amines) is 1. The molecule has 2 aliphatic heterocycles. The van der Waals surface area contributed by atoms with Gasteiger partial charge in [0.2, 0.25) is 0 Å². The molecule has 5 atom stereocenters. The average molecular weight is 729 g/mol. The summed E-state index contributed by atoms with van der Waals surface area (Å²) < 4.78 is 19.3. The number of carbonyl (C=O) groups excluding carboxylic acids is 2. The van der Waals surface area contributed by atoms with Crippen molar-refractivity contribution in [3.05, 3.63) is 131 Å². The molecule has 280 valence electrons. The van der Waals surface area contributed by atoms with Gasteiger partial charge in [-0.15, -0.1) is 0 Å². The molecule has 2 N–H and O–H groups in total. The summed E-state index contributed by atoms with van der Waals surface area (Å²) in [6.07, 6.45) is 2.02. The van der Waals surface area contributed by atoms with Crippen LogP contribution in [-0.2, 0) is 32.2 Å². The number of benzene rings is 4. The van der Waals surface area contributed by atoms with Crippen molar-refractivity contribution in [1.82, 2.24) is 20.2 Å². The smallest absolute Gasteiger partial charge is 0.323 e. The first-order valence-electron chi connectivity index (χ1n) is 18.7. The third kappa shape index (κ3) is 8.53. The van der Waals surface area contributed by atoms with Crippen LogP contribution >= 0.6 is 0 Å². The van der Waals surface area contributed by atoms with E-state index in [0.29, 0.717) is 18.6 Å². The molecule has 1 amide bonds. The molecule has 0 unspecified atom stereocenters. The van der Waals surface area contributed by atoms with Crippen LogP contribution in [0.4, 0.5) is 0 Å². The summed E-state index contributed by atoms with van der Waals surface area (Å²) >= 11 is 0. The van der Waals surface area contributed by atoms with Crippen molar-refractivity contribution < 1.29 is 28.9 Å². The number of rotatable bonds is 10. The molecule has 5 aromatic rings. The molecular weight excluding hydrogens is 681 g/mol. The van der Waals surface area contributed by atoms with Gasteiger partial charge in [0.15, 0.2) is 6.29 Å². The molecule has 3 heterocycles. The molecule has 10 heteroatoms. The van der Waals surface area contributed by atoms with Crippen LogP contribution in [0.2, 0.25) is 0 Å². The summed E-state index contributed by atoms with van der Waals surface area (Å²) in [5, 5.41) is 12.7. The standard InChI is InChI=1S/C44H48N4O6/c1-28-39(26-48-23-9-14-38(48)42(51)54-44(2,3)4)52-43(53-40(28)31-17-15-29(27-49)16-18-31)32-21-19-30(20-22-32)34-11-6-5-10-33(34)24-46-41(50)37-25-45-35-12-7-8-13-36(35)47-37/h5-8,10-13,15-22,25,28,38-40,43,49H,9,14,23-24,26-27H2,1-4H3,(H,46,50)/t28-,38-,39+,40+,43+/m0/s1. The number of nitrogens with one attached hydrogen (secondary N) is 1. The Hall–Kier alpha value is -5.00. The number of aliphatic hydroxyl groups is 1. The number of amides is 1. The number of aliphatic hydroxyl groups excluding tert-OH is 1. The molecular formula is C44H48N4O6. The second-order valence-electron chi connectivity index (χ2n) is 15.2. The summed E-state index contributed by atoms with van der Waals surface area (Å²) in [4.78, 5) is 37.4. The number of carbonyl (C=O) groups is 2. The Balaban J connectivity index is 1.09. The van der Waals surface area contributed by atoms with Gasteiger partial charge in [0.05, 0.1) is 36.0 Å². The van der Waals surface area contributed by atoms with Crippen molar-refractivity contribution in [3.63, 3.8) is 0 Å². The molecule has 2 aliphatic rings. The first-order chi connectivity index (χ1) is 26.1. The van der Waals surface area contributed by atoms with Crippen LogP contribution < -0.4 is 5.32 Å². The lowest BCUT2D eigenvalue weighted by molar-refractivity contribution is -0.276. The highest BCUT2D eigenvalue weighted by Crippen LogP contribution is 2.43. The van der Waals surface area contributed by atoms with Crippen LogP contribution in [0.3, 0.4) is 0 Å². The fourth-order valence-corrected chi connectivity index (χ4v) is 7.35. The Morgan fingerprint density at radius 3 is 2.35 bits per heavy atom. The van der Waals surface area contributed by atoms with Gasteiger partial charge in [-0.3, -0.25) is 19.5 Å². The summed E-state index contributed by atoms with van der Waals surface area (Å²) in [7, 11) is 0. The molecule has 4 aromatic carbocycles. The largest absolute Gasteiger partial charge is 0.459 e. The topological polar surface area (TPSA) is 123 Å². The van der Waals surface area contributed by atoms with E-state index in [1.54, 1.807) is 0 Å². The Labute approximate surface area is 316 Å². The van der Waals surface area contributed by atoms with Crippen molar-refractivity contribution in [1.29, 1.82) is 0 Å². The number of para-hydroxylation sites is 2. The summed E-state index contributed by atoms with van der Waals surface area (Å²) in [5.74, 6) is -0.506. The Morgan fingerprint density at radius 2 is 1.61 bits per heavy atom. The van der Waals surface area contributed by atoms with Crippen LogP contribution in [-0.4, -0.2) is 62.7 Å². The monoisotopic (exact) mass is 728 g/mol. The SMILES string of the molecule is C[C@H]1[C@@H](CN2CCC[C@H]2C(=O)OC(C)(C)C)O[C@@H](c2ccc(-c3ccccc3CNC(=O)c3cnc4ccccc4n3)cc2)O[C@H]1c1ccc(CO)cc1. The van der Waals surface area contributed by atoms with Gasteiger partial charge in [-0.25, -0.2) is 4.98 Å². The number of hydrogen-bond acceptors (Lipinski definition) is 9. The number of fused-ring (bicyclic) bond motifs is 1. The quantitative estimate of drug-likeness (QED) is 0.143. The van der Waals surface area contributed by atoms with Crippen LogP contribution in [0.15, 0.2) is 103 Å². The van der Waals surface area contributed by atoms with Gasteiger partial charge < -0.3 is 24.6 Å². The molecule has 54 heavy (non-hydrogen) atoms. The van der Waals surface area contributed by atoms with E-state index in [1.165, 1.54) is 6.20 Å². The van der Waals surface area contributed by atoms with Crippen LogP contribution in [0.5, 0.6) is 0 Å². The highest BCUT2D eigenvalue weighted by Gasteiger charge is 2.42. The normalized spacial score (nSPS) is 21.9. The van der Waals surface area contributed by atoms with Crippen LogP contribution in [0.25, 0.3) is 22.2 Å². The first kappa shape index (κ1) is 37.3. The van der Waals surface area contributed by atoms with Gasteiger partial charge in [-0.05, 0) is 80.1 Å². The fourth-order valence-electron chi connectivity index (χ4n) is 7.35. The van der Waals surface area contributed by atoms with E-state index >= 15 is 0 Å². The van der Waals surface area contributed by atoms with Gasteiger partial charge in [0.25, 0.3) is 5.91 Å². The van der Waals surface area contributed by atoms with Gasteiger partial charge in [-0.2, -0.15) is 0 Å². The van der Waals surface area contributed by atoms with E-state index in [1.807, 2.05) is 106 Å². The number of ether oxygens (including phenoxy) is 3. The molecule has 2 fully saturated rings. The average Bonchev–Trinajstić information content (AvgIpc) is 3.65. The van der Waals surface area contributed by atoms with E-state index < -0.39 is 11.9 Å². The summed E-state index contributed by atoms with van der Waals surface area (Å²) in [6.45, 7) is 9.48. The second-order valence-corrected chi connectivity index (χ2v) is 15.2. The van der Waals surface area contributed by atoms with E-state index in [-0.39, 0.29) is 48.3 Å². The Morgan fingerprint density at radius 1 is 0.907 bits per heavy atom. The van der Waals surface area contributed by atoms with E-state index in [0.717, 1.165) is 58.3 Å². The fraction of sp³-hybridized carbons (Fsp3) is 0.364. The predicted molar refractivity (Wildman–Crippen MR) is 206 cm³/mol. The lowest BCUT2D eigenvalue weighted by Gasteiger charge is -2.43. The van der Waals surface area contributed by atoms with Crippen molar-refractivity contribution in [2.24, 2.45) is 5.92 Å². The van der Waals surface area contributed by atoms with Crippen molar-refractivity contribution in [2.45, 2.75) is 83.8 Å².